The van der Waals surface area contributed by atoms with E-state index in [4.69, 9.17) is 9.72 Å². The molecule has 1 N–H and O–H groups in total. The first-order chi connectivity index (χ1) is 24.8. The molecule has 0 amide bonds. The van der Waals surface area contributed by atoms with Crippen molar-refractivity contribution in [2.75, 3.05) is 36.6 Å². The number of rotatable bonds is 10. The highest BCUT2D eigenvalue weighted by Gasteiger charge is 2.44. The van der Waals surface area contributed by atoms with Crippen molar-refractivity contribution in [1.29, 1.82) is 0 Å². The van der Waals surface area contributed by atoms with E-state index in [-0.39, 0.29) is 85.3 Å². The van der Waals surface area contributed by atoms with Crippen LogP contribution in [0.2, 0.25) is 0 Å². The first kappa shape index (κ1) is 44.8. The molecule has 17 heteroatoms. The molecule has 6 rings (SSSR count). The normalized spacial score (nSPS) is 20.8. The molecule has 3 aromatic rings. The summed E-state index contributed by atoms with van der Waals surface area (Å²) >= 11 is 0. The van der Waals surface area contributed by atoms with E-state index >= 15 is 4.39 Å². The fourth-order valence-corrected chi connectivity index (χ4v) is 8.77. The predicted octanol–water partition coefficient (Wildman–Crippen LogP) is 9.29. The van der Waals surface area contributed by atoms with Gasteiger partial charge in [-0.1, -0.05) is 26.0 Å². The molecule has 0 spiro atoms. The van der Waals surface area contributed by atoms with Gasteiger partial charge in [0.2, 0.25) is 11.9 Å². The van der Waals surface area contributed by atoms with E-state index in [1.165, 1.54) is 12.4 Å². The fraction of sp³-hybridized carbons (Fsp3) is 0.605. The summed E-state index contributed by atoms with van der Waals surface area (Å²) in [5, 5.41) is 11.6. The molecule has 0 unspecified atom stereocenters. The number of anilines is 1. The van der Waals surface area contributed by atoms with Crippen LogP contribution < -0.4 is 9.64 Å². The zero-order valence-electron chi connectivity index (χ0n) is 30.9. The van der Waals surface area contributed by atoms with Crippen LogP contribution in [0, 0.1) is 5.41 Å². The van der Waals surface area contributed by atoms with E-state index in [1.54, 1.807) is 0 Å². The maximum atomic E-state index is 17.3. The maximum absolute atomic E-state index is 17.3. The summed E-state index contributed by atoms with van der Waals surface area (Å²) in [7, 11) is -3.10. The number of aliphatic hydroxyl groups is 1. The molecule has 2 fully saturated rings. The number of halogens is 8. The van der Waals surface area contributed by atoms with Crippen LogP contribution in [0.5, 0.6) is 5.75 Å². The van der Waals surface area contributed by atoms with Gasteiger partial charge in [-0.05, 0) is 79.5 Å². The first-order valence-corrected chi connectivity index (χ1v) is 20.2. The fourth-order valence-electron chi connectivity index (χ4n) is 8.13. The van der Waals surface area contributed by atoms with E-state index in [0.717, 1.165) is 30.5 Å². The van der Waals surface area contributed by atoms with Crippen LogP contribution in [0.25, 0.3) is 0 Å². The number of alkyl halides is 6. The lowest BCUT2D eigenvalue weighted by Gasteiger charge is -2.41. The SMILES string of the molecule is CC1(C)Cc2nc(C3CCN(c4ncc(OCCCS(C)(=O)=O)cn4)CC3)c([C@@H](F)c3ccc(C(F)(F)F)cc3)c(C3CCC(F)(F)CC3)c2[C@@H](O)C1.Cl.Cl. The summed E-state index contributed by atoms with van der Waals surface area (Å²) in [6.45, 7) is 5.18. The lowest BCUT2D eigenvalue weighted by Crippen LogP contribution is -2.36. The van der Waals surface area contributed by atoms with E-state index in [2.05, 4.69) is 9.97 Å². The van der Waals surface area contributed by atoms with Crippen molar-refractivity contribution in [3.05, 3.63) is 75.9 Å². The van der Waals surface area contributed by atoms with Gasteiger partial charge in [0.1, 0.15) is 9.84 Å². The zero-order chi connectivity index (χ0) is 38.3. The van der Waals surface area contributed by atoms with Crippen molar-refractivity contribution < 1.29 is 44.6 Å². The number of aliphatic hydroxyl groups excluding tert-OH is 1. The molecule has 55 heavy (non-hydrogen) atoms. The zero-order valence-corrected chi connectivity index (χ0v) is 33.4. The Morgan fingerprint density at radius 1 is 0.964 bits per heavy atom. The maximum Gasteiger partial charge on any atom is 0.416 e. The number of ether oxygens (including phenoxy) is 1. The van der Waals surface area contributed by atoms with Crippen LogP contribution in [-0.2, 0) is 22.4 Å². The minimum atomic E-state index is -4.61. The van der Waals surface area contributed by atoms with Crippen molar-refractivity contribution in [1.82, 2.24) is 15.0 Å². The number of nitrogens with zero attached hydrogens (tertiary/aromatic N) is 4. The van der Waals surface area contributed by atoms with Gasteiger partial charge in [-0.15, -0.1) is 24.8 Å². The van der Waals surface area contributed by atoms with E-state index < -0.39 is 45.7 Å². The van der Waals surface area contributed by atoms with Gasteiger partial charge in [-0.25, -0.2) is 31.6 Å². The molecule has 0 bridgehead atoms. The Balaban J connectivity index is 0.00000336. The van der Waals surface area contributed by atoms with Crippen molar-refractivity contribution >= 4 is 40.6 Å². The topological polar surface area (TPSA) is 106 Å². The molecule has 1 saturated carbocycles. The molecule has 8 nitrogen and oxygen atoms in total. The number of fused-ring (bicyclic) bond motifs is 1. The quantitative estimate of drug-likeness (QED) is 0.159. The van der Waals surface area contributed by atoms with E-state index in [0.29, 0.717) is 79.4 Å². The van der Waals surface area contributed by atoms with Gasteiger partial charge in [0.05, 0.1) is 42.1 Å². The largest absolute Gasteiger partial charge is 0.490 e. The minimum Gasteiger partial charge on any atom is -0.490 e. The number of benzene rings is 1. The second-order valence-corrected chi connectivity index (χ2v) is 17.9. The molecule has 2 aromatic heterocycles. The molecular weight excluding hydrogens is 793 g/mol. The van der Waals surface area contributed by atoms with E-state index in [1.807, 2.05) is 18.7 Å². The standard InChI is InChI=1S/C38H46F6N4O4S.2ClH/c1-36(2)19-28-31(29(49)20-36)30(23-9-13-37(40,41)14-10-23)32(33(39)24-5-7-26(8-6-24)38(42,43)44)34(47-28)25-11-15-48(16-12-25)35-45-21-27(22-46-35)52-17-4-18-53(3,50)51;;/h5-8,21-23,25,29,33,49H,4,9-20H2,1-3H3;2*1H/t29-,33-;;/m0../s1. The lowest BCUT2D eigenvalue weighted by atomic mass is 9.68. The average Bonchev–Trinajstić information content (AvgIpc) is 3.08. The highest BCUT2D eigenvalue weighted by molar-refractivity contribution is 7.90. The first-order valence-electron chi connectivity index (χ1n) is 18.1. The summed E-state index contributed by atoms with van der Waals surface area (Å²) < 4.78 is 115. The van der Waals surface area contributed by atoms with Gasteiger partial charge in [0, 0.05) is 54.9 Å². The van der Waals surface area contributed by atoms with Crippen molar-refractivity contribution in [2.45, 2.75) is 108 Å². The van der Waals surface area contributed by atoms with Gasteiger partial charge in [-0.3, -0.25) is 4.98 Å². The van der Waals surface area contributed by atoms with Crippen LogP contribution in [0.1, 0.15) is 129 Å². The molecule has 2 atom stereocenters. The molecule has 2 aliphatic carbocycles. The van der Waals surface area contributed by atoms with Crippen molar-refractivity contribution in [2.24, 2.45) is 5.41 Å². The molecule has 306 valence electrons. The third-order valence-electron chi connectivity index (χ3n) is 10.8. The molecule has 0 radical (unpaired) electrons. The van der Waals surface area contributed by atoms with Gasteiger partial charge in [0.25, 0.3) is 0 Å². The minimum absolute atomic E-state index is 0. The van der Waals surface area contributed by atoms with Gasteiger partial charge >= 0.3 is 6.18 Å². The number of sulfone groups is 1. The van der Waals surface area contributed by atoms with Gasteiger partial charge in [0.15, 0.2) is 11.9 Å². The predicted molar refractivity (Wildman–Crippen MR) is 202 cm³/mol. The highest BCUT2D eigenvalue weighted by atomic mass is 35.5. The number of aromatic nitrogens is 3. The van der Waals surface area contributed by atoms with Crippen LogP contribution in [0.15, 0.2) is 36.7 Å². The molecule has 3 aliphatic rings. The number of hydrogen-bond acceptors (Lipinski definition) is 8. The highest BCUT2D eigenvalue weighted by Crippen LogP contribution is 2.52. The summed E-state index contributed by atoms with van der Waals surface area (Å²) in [5.74, 6) is -2.76. The summed E-state index contributed by atoms with van der Waals surface area (Å²) in [4.78, 5) is 15.9. The number of hydrogen-bond donors (Lipinski definition) is 1. The second kappa shape index (κ2) is 17.3. The Morgan fingerprint density at radius 3 is 2.13 bits per heavy atom. The van der Waals surface area contributed by atoms with Gasteiger partial charge in [-0.2, -0.15) is 13.2 Å². The molecule has 3 heterocycles. The van der Waals surface area contributed by atoms with Crippen LogP contribution in [0.4, 0.5) is 32.3 Å². The monoisotopic (exact) mass is 840 g/mol. The van der Waals surface area contributed by atoms with Crippen molar-refractivity contribution in [3.8, 4) is 5.75 Å². The Labute approximate surface area is 330 Å². The second-order valence-electron chi connectivity index (χ2n) is 15.7. The average molecular weight is 842 g/mol. The molecule has 1 aromatic carbocycles. The van der Waals surface area contributed by atoms with Crippen molar-refractivity contribution in [3.63, 3.8) is 0 Å². The van der Waals surface area contributed by atoms with Crippen LogP contribution in [0.3, 0.4) is 0 Å². The Morgan fingerprint density at radius 2 is 1.56 bits per heavy atom. The smallest absolute Gasteiger partial charge is 0.416 e. The Hall–Kier alpha value is -2.88. The van der Waals surface area contributed by atoms with Crippen LogP contribution >= 0.6 is 24.8 Å². The third-order valence-corrected chi connectivity index (χ3v) is 11.8. The summed E-state index contributed by atoms with van der Waals surface area (Å²) in [6, 6.07) is 3.92. The number of pyridine rings is 1. The Kier molecular flexibility index (Phi) is 14.1. The Bertz CT molecular complexity index is 1870. The molecular formula is C38H48Cl2F6N4O4S. The summed E-state index contributed by atoms with van der Waals surface area (Å²) in [5.41, 5.74) is 1.01. The van der Waals surface area contributed by atoms with Crippen LogP contribution in [-0.4, -0.2) is 66.1 Å². The third kappa shape index (κ3) is 10.7. The molecule has 1 aliphatic heterocycles. The number of piperidine rings is 1. The van der Waals surface area contributed by atoms with Gasteiger partial charge < -0.3 is 14.7 Å². The summed E-state index contributed by atoms with van der Waals surface area (Å²) in [6.07, 6.45) is -1.70. The van der Waals surface area contributed by atoms with E-state index in [9.17, 15) is 35.5 Å². The molecule has 1 saturated heterocycles. The lowest BCUT2D eigenvalue weighted by molar-refractivity contribution is -0.137.